The molecule has 20 heavy (non-hydrogen) atoms. The van der Waals surface area contributed by atoms with Crippen molar-refractivity contribution in [3.8, 4) is 5.75 Å². The van der Waals surface area contributed by atoms with Crippen molar-refractivity contribution in [2.24, 2.45) is 0 Å². The first kappa shape index (κ1) is 15.4. The average Bonchev–Trinajstić information content (AvgIpc) is 2.47. The lowest BCUT2D eigenvalue weighted by Crippen LogP contribution is -2.23. The van der Waals surface area contributed by atoms with Gasteiger partial charge < -0.3 is 15.2 Å². The Labute approximate surface area is 124 Å². The summed E-state index contributed by atoms with van der Waals surface area (Å²) in [6.45, 7) is 0.200. The molecule has 0 aliphatic heterocycles. The third-order valence-electron chi connectivity index (χ3n) is 3.51. The van der Waals surface area contributed by atoms with Gasteiger partial charge in [0.2, 0.25) is 0 Å². The summed E-state index contributed by atoms with van der Waals surface area (Å²) in [5.41, 5.74) is 0.308. The second kappa shape index (κ2) is 7.70. The van der Waals surface area contributed by atoms with E-state index in [-0.39, 0.29) is 24.3 Å². The Hall–Kier alpha value is -1.00. The Kier molecular flexibility index (Phi) is 5.92. The number of alkyl halides is 1. The molecule has 112 valence electrons. The van der Waals surface area contributed by atoms with Gasteiger partial charge in [-0.25, -0.2) is 4.39 Å². The first-order valence-electron chi connectivity index (χ1n) is 7.13. The van der Waals surface area contributed by atoms with Crippen LogP contribution >= 0.6 is 11.6 Å². The molecule has 2 N–H and O–H groups in total. The Morgan fingerprint density at radius 2 is 2.10 bits per heavy atom. The average molecular weight is 302 g/mol. The van der Waals surface area contributed by atoms with E-state index < -0.39 is 6.10 Å². The molecule has 0 aromatic heterocycles. The Balaban J connectivity index is 2.04. The lowest BCUT2D eigenvalue weighted by molar-refractivity contribution is 0.155. The quantitative estimate of drug-likeness (QED) is 0.790. The van der Waals surface area contributed by atoms with Gasteiger partial charge in [0.05, 0.1) is 18.1 Å². The zero-order valence-corrected chi connectivity index (χ0v) is 12.2. The van der Waals surface area contributed by atoms with Crippen molar-refractivity contribution in [1.29, 1.82) is 0 Å². The molecule has 0 heterocycles. The Morgan fingerprint density at radius 1 is 1.35 bits per heavy atom. The lowest BCUT2D eigenvalue weighted by Gasteiger charge is -2.25. The maximum Gasteiger partial charge on any atom is 0.150 e. The number of aliphatic hydroxyl groups excluding tert-OH is 1. The summed E-state index contributed by atoms with van der Waals surface area (Å²) in [7, 11) is 0. The highest BCUT2D eigenvalue weighted by Crippen LogP contribution is 2.31. The number of rotatable bonds is 6. The first-order chi connectivity index (χ1) is 9.70. The Bertz CT molecular complexity index is 424. The molecule has 0 saturated heterocycles. The van der Waals surface area contributed by atoms with Crippen LogP contribution in [0, 0.1) is 5.82 Å². The molecule has 0 amide bonds. The predicted molar refractivity (Wildman–Crippen MR) is 79.1 cm³/mol. The lowest BCUT2D eigenvalue weighted by atomic mass is 9.98. The van der Waals surface area contributed by atoms with Crippen molar-refractivity contribution in [3.63, 3.8) is 0 Å². The summed E-state index contributed by atoms with van der Waals surface area (Å²) >= 11 is 5.54. The number of nitrogens with one attached hydrogen (secondary N) is 1. The highest BCUT2D eigenvalue weighted by Gasteiger charge is 2.18. The van der Waals surface area contributed by atoms with E-state index in [1.165, 1.54) is 12.5 Å². The molecule has 1 atom stereocenters. The second-order valence-corrected chi connectivity index (χ2v) is 5.49. The van der Waals surface area contributed by atoms with Gasteiger partial charge in [0.15, 0.2) is 0 Å². The van der Waals surface area contributed by atoms with Crippen LogP contribution in [0.5, 0.6) is 5.75 Å². The Morgan fingerprint density at radius 3 is 2.80 bits per heavy atom. The standard InChI is InChI=1S/C15H21ClFNO2/c16-9-11(19)10-18-15-13(17)7-4-8-14(15)20-12-5-2-1-3-6-12/h4,7-8,11-12,18-19H,1-3,5-6,9-10H2. The van der Waals surface area contributed by atoms with Gasteiger partial charge in [-0.1, -0.05) is 12.5 Å². The van der Waals surface area contributed by atoms with Gasteiger partial charge in [-0.15, -0.1) is 11.6 Å². The van der Waals surface area contributed by atoms with E-state index in [0.29, 0.717) is 11.4 Å². The SMILES string of the molecule is OC(CCl)CNc1c(F)cccc1OC1CCCCC1. The monoisotopic (exact) mass is 301 g/mol. The second-order valence-electron chi connectivity index (χ2n) is 5.18. The van der Waals surface area contributed by atoms with Gasteiger partial charge in [0.25, 0.3) is 0 Å². The highest BCUT2D eigenvalue weighted by molar-refractivity contribution is 6.18. The third kappa shape index (κ3) is 4.25. The summed E-state index contributed by atoms with van der Waals surface area (Å²) in [6.07, 6.45) is 5.04. The zero-order valence-electron chi connectivity index (χ0n) is 11.4. The first-order valence-corrected chi connectivity index (χ1v) is 7.67. The van der Waals surface area contributed by atoms with Crippen LogP contribution < -0.4 is 10.1 Å². The van der Waals surface area contributed by atoms with Crippen molar-refractivity contribution in [2.45, 2.75) is 44.3 Å². The van der Waals surface area contributed by atoms with Crippen molar-refractivity contribution >= 4 is 17.3 Å². The number of hydrogen-bond donors (Lipinski definition) is 2. The molecule has 3 nitrogen and oxygen atoms in total. The van der Waals surface area contributed by atoms with E-state index in [2.05, 4.69) is 5.32 Å². The van der Waals surface area contributed by atoms with Gasteiger partial charge in [-0.05, 0) is 37.8 Å². The summed E-state index contributed by atoms with van der Waals surface area (Å²) in [4.78, 5) is 0. The summed E-state index contributed by atoms with van der Waals surface area (Å²) in [6, 6.07) is 4.77. The van der Waals surface area contributed by atoms with Crippen molar-refractivity contribution in [3.05, 3.63) is 24.0 Å². The molecular formula is C15H21ClFNO2. The highest BCUT2D eigenvalue weighted by atomic mass is 35.5. The molecule has 1 aromatic carbocycles. The van der Waals surface area contributed by atoms with Gasteiger partial charge >= 0.3 is 0 Å². The molecule has 0 spiro atoms. The van der Waals surface area contributed by atoms with Gasteiger partial charge in [-0.2, -0.15) is 0 Å². The number of para-hydroxylation sites is 1. The summed E-state index contributed by atoms with van der Waals surface area (Å²) < 4.78 is 19.8. The van der Waals surface area contributed by atoms with E-state index >= 15 is 0 Å². The van der Waals surface area contributed by atoms with Crippen LogP contribution in [0.4, 0.5) is 10.1 Å². The van der Waals surface area contributed by atoms with Gasteiger partial charge in [0.1, 0.15) is 17.3 Å². The summed E-state index contributed by atoms with van der Waals surface area (Å²) in [5, 5.41) is 12.4. The molecule has 0 bridgehead atoms. The number of aliphatic hydroxyl groups is 1. The molecule has 1 aliphatic rings. The maximum absolute atomic E-state index is 13.9. The minimum Gasteiger partial charge on any atom is -0.488 e. The molecule has 1 saturated carbocycles. The number of anilines is 1. The fraction of sp³-hybridized carbons (Fsp3) is 0.600. The van der Waals surface area contributed by atoms with Crippen molar-refractivity contribution in [2.75, 3.05) is 17.7 Å². The maximum atomic E-state index is 13.9. The van der Waals surface area contributed by atoms with E-state index in [9.17, 15) is 9.50 Å². The van der Waals surface area contributed by atoms with Crippen LogP contribution in [0.15, 0.2) is 18.2 Å². The van der Waals surface area contributed by atoms with Crippen LogP contribution in [-0.4, -0.2) is 29.7 Å². The van der Waals surface area contributed by atoms with E-state index in [0.717, 1.165) is 25.7 Å². The van der Waals surface area contributed by atoms with E-state index in [1.807, 2.05) is 0 Å². The fourth-order valence-electron chi connectivity index (χ4n) is 2.41. The predicted octanol–water partition coefficient (Wildman–Crippen LogP) is 3.55. The number of benzene rings is 1. The van der Waals surface area contributed by atoms with Crippen molar-refractivity contribution in [1.82, 2.24) is 0 Å². The smallest absolute Gasteiger partial charge is 0.150 e. The molecule has 0 radical (unpaired) electrons. The number of ether oxygens (including phenoxy) is 1. The van der Waals surface area contributed by atoms with Crippen LogP contribution in [0.3, 0.4) is 0 Å². The minimum atomic E-state index is -0.709. The molecule has 1 aromatic rings. The van der Waals surface area contributed by atoms with E-state index in [1.54, 1.807) is 12.1 Å². The molecule has 1 aliphatic carbocycles. The zero-order chi connectivity index (χ0) is 14.4. The molecule has 2 rings (SSSR count). The van der Waals surface area contributed by atoms with Gasteiger partial charge in [-0.3, -0.25) is 0 Å². The topological polar surface area (TPSA) is 41.5 Å². The van der Waals surface area contributed by atoms with Crippen LogP contribution in [0.1, 0.15) is 32.1 Å². The van der Waals surface area contributed by atoms with Gasteiger partial charge in [0, 0.05) is 6.54 Å². The van der Waals surface area contributed by atoms with Crippen LogP contribution in [-0.2, 0) is 0 Å². The molecular weight excluding hydrogens is 281 g/mol. The third-order valence-corrected chi connectivity index (χ3v) is 3.87. The largest absolute Gasteiger partial charge is 0.488 e. The number of halogens is 2. The number of hydrogen-bond acceptors (Lipinski definition) is 3. The summed E-state index contributed by atoms with van der Waals surface area (Å²) in [5.74, 6) is 0.249. The molecule has 1 unspecified atom stereocenters. The van der Waals surface area contributed by atoms with E-state index in [4.69, 9.17) is 16.3 Å². The molecule has 1 fully saturated rings. The van der Waals surface area contributed by atoms with Crippen molar-refractivity contribution < 1.29 is 14.2 Å². The van der Waals surface area contributed by atoms with Crippen LogP contribution in [0.25, 0.3) is 0 Å². The normalized spacial score (nSPS) is 17.8. The minimum absolute atomic E-state index is 0.111. The fourth-order valence-corrected chi connectivity index (χ4v) is 2.52. The van der Waals surface area contributed by atoms with Crippen LogP contribution in [0.2, 0.25) is 0 Å². The molecule has 5 heteroatoms.